The standard InChI is InChI=1S/C17H17ClN4O2S/c18-14-6-8-16(9-7-14)24-11-15(23)12-25-17-19-20-21-22(17)10-13-4-2-1-3-5-13/h1-9,15,23H,10-12H2. The first-order valence-electron chi connectivity index (χ1n) is 7.70. The average Bonchev–Trinajstić information content (AvgIpc) is 3.07. The Hall–Kier alpha value is -2.09. The molecule has 0 aliphatic rings. The zero-order valence-electron chi connectivity index (χ0n) is 13.3. The van der Waals surface area contributed by atoms with Gasteiger partial charge in [0.05, 0.1) is 12.6 Å². The van der Waals surface area contributed by atoms with Gasteiger partial charge in [0.1, 0.15) is 12.4 Å². The van der Waals surface area contributed by atoms with Crippen molar-refractivity contribution in [2.24, 2.45) is 0 Å². The van der Waals surface area contributed by atoms with Crippen molar-refractivity contribution in [3.63, 3.8) is 0 Å². The van der Waals surface area contributed by atoms with Crippen LogP contribution in [0.1, 0.15) is 5.56 Å². The largest absolute Gasteiger partial charge is 0.491 e. The molecule has 1 heterocycles. The molecule has 0 bridgehead atoms. The molecular weight excluding hydrogens is 360 g/mol. The van der Waals surface area contributed by atoms with E-state index in [2.05, 4.69) is 15.5 Å². The van der Waals surface area contributed by atoms with Gasteiger partial charge in [-0.05, 0) is 40.3 Å². The van der Waals surface area contributed by atoms with Gasteiger partial charge in [-0.3, -0.25) is 0 Å². The third kappa shape index (κ3) is 5.45. The van der Waals surface area contributed by atoms with Crippen LogP contribution in [0.5, 0.6) is 5.75 Å². The molecule has 0 saturated carbocycles. The van der Waals surface area contributed by atoms with Gasteiger partial charge in [0.15, 0.2) is 0 Å². The highest BCUT2D eigenvalue weighted by Gasteiger charge is 2.12. The van der Waals surface area contributed by atoms with Crippen LogP contribution < -0.4 is 4.74 Å². The smallest absolute Gasteiger partial charge is 0.209 e. The number of aliphatic hydroxyl groups is 1. The lowest BCUT2D eigenvalue weighted by molar-refractivity contribution is 0.126. The first-order chi connectivity index (χ1) is 12.2. The van der Waals surface area contributed by atoms with Gasteiger partial charge in [0.25, 0.3) is 0 Å². The van der Waals surface area contributed by atoms with Crippen LogP contribution in [0, 0.1) is 0 Å². The molecule has 1 atom stereocenters. The van der Waals surface area contributed by atoms with Crippen molar-refractivity contribution in [2.45, 2.75) is 17.8 Å². The zero-order chi connectivity index (χ0) is 17.5. The first-order valence-corrected chi connectivity index (χ1v) is 9.06. The van der Waals surface area contributed by atoms with E-state index in [1.807, 2.05) is 30.3 Å². The van der Waals surface area contributed by atoms with Gasteiger partial charge in [-0.25, -0.2) is 4.68 Å². The second-order valence-corrected chi connectivity index (χ2v) is 6.76. The number of nitrogens with zero attached hydrogens (tertiary/aromatic N) is 4. The van der Waals surface area contributed by atoms with Crippen LogP contribution in [0.4, 0.5) is 0 Å². The van der Waals surface area contributed by atoms with E-state index in [0.29, 0.717) is 28.2 Å². The Balaban J connectivity index is 1.48. The summed E-state index contributed by atoms with van der Waals surface area (Å²) < 4.78 is 7.25. The van der Waals surface area contributed by atoms with Crippen molar-refractivity contribution in [2.75, 3.05) is 12.4 Å². The summed E-state index contributed by atoms with van der Waals surface area (Å²) in [7, 11) is 0. The summed E-state index contributed by atoms with van der Waals surface area (Å²) in [5, 5.41) is 23.1. The monoisotopic (exact) mass is 376 g/mol. The number of thioether (sulfide) groups is 1. The summed E-state index contributed by atoms with van der Waals surface area (Å²) in [6.07, 6.45) is -0.637. The second-order valence-electron chi connectivity index (χ2n) is 5.33. The van der Waals surface area contributed by atoms with Crippen LogP contribution in [0.25, 0.3) is 0 Å². The Labute approximate surface area is 154 Å². The SMILES string of the molecule is OC(COc1ccc(Cl)cc1)CSc1nnnn1Cc1ccccc1. The fourth-order valence-corrected chi connectivity index (χ4v) is 3.01. The fraction of sp³-hybridized carbons (Fsp3) is 0.235. The minimum absolute atomic E-state index is 0.189. The Morgan fingerprint density at radius 2 is 1.88 bits per heavy atom. The maximum Gasteiger partial charge on any atom is 0.209 e. The number of hydrogen-bond donors (Lipinski definition) is 1. The number of tetrazole rings is 1. The van der Waals surface area contributed by atoms with Gasteiger partial charge < -0.3 is 9.84 Å². The Morgan fingerprint density at radius 3 is 2.64 bits per heavy atom. The van der Waals surface area contributed by atoms with E-state index in [9.17, 15) is 5.11 Å². The molecule has 0 saturated heterocycles. The highest BCUT2D eigenvalue weighted by molar-refractivity contribution is 7.99. The van der Waals surface area contributed by atoms with Gasteiger partial charge in [0.2, 0.25) is 5.16 Å². The second kappa shape index (κ2) is 8.84. The number of ether oxygens (including phenoxy) is 1. The molecule has 0 fully saturated rings. The molecule has 25 heavy (non-hydrogen) atoms. The van der Waals surface area contributed by atoms with Crippen LogP contribution in [0.3, 0.4) is 0 Å². The third-order valence-corrected chi connectivity index (χ3v) is 4.69. The normalized spacial score (nSPS) is 12.1. The van der Waals surface area contributed by atoms with Gasteiger partial charge in [-0.2, -0.15) is 0 Å². The number of rotatable bonds is 8. The molecule has 0 aliphatic heterocycles. The summed E-state index contributed by atoms with van der Waals surface area (Å²) >= 11 is 7.22. The van der Waals surface area contributed by atoms with Crippen molar-refractivity contribution in [3.05, 3.63) is 65.2 Å². The van der Waals surface area contributed by atoms with Gasteiger partial charge in [-0.1, -0.05) is 53.7 Å². The van der Waals surface area contributed by atoms with Crippen LogP contribution in [-0.4, -0.2) is 43.8 Å². The predicted molar refractivity (Wildman–Crippen MR) is 97.0 cm³/mol. The summed E-state index contributed by atoms with van der Waals surface area (Å²) in [5.41, 5.74) is 1.11. The van der Waals surface area contributed by atoms with Crippen LogP contribution in [0.15, 0.2) is 59.8 Å². The lowest BCUT2D eigenvalue weighted by atomic mass is 10.2. The highest BCUT2D eigenvalue weighted by Crippen LogP contribution is 2.18. The summed E-state index contributed by atoms with van der Waals surface area (Å²) in [6.45, 7) is 0.780. The summed E-state index contributed by atoms with van der Waals surface area (Å²) in [6, 6.07) is 17.0. The maximum absolute atomic E-state index is 10.1. The molecule has 8 heteroatoms. The molecule has 1 N–H and O–H groups in total. The van der Waals surface area contributed by atoms with E-state index in [4.69, 9.17) is 16.3 Å². The molecule has 1 unspecified atom stereocenters. The van der Waals surface area contributed by atoms with Gasteiger partial charge >= 0.3 is 0 Å². The molecule has 0 amide bonds. The molecule has 2 aromatic carbocycles. The average molecular weight is 377 g/mol. The number of hydrogen-bond acceptors (Lipinski definition) is 6. The molecular formula is C17H17ClN4O2S. The van der Waals surface area contributed by atoms with Crippen molar-refractivity contribution >= 4 is 23.4 Å². The third-order valence-electron chi connectivity index (χ3n) is 3.34. The van der Waals surface area contributed by atoms with Crippen LogP contribution in [0.2, 0.25) is 5.02 Å². The summed E-state index contributed by atoms with van der Waals surface area (Å²) in [5.74, 6) is 1.10. The molecule has 130 valence electrons. The van der Waals surface area contributed by atoms with E-state index >= 15 is 0 Å². The topological polar surface area (TPSA) is 73.1 Å². The number of halogens is 1. The van der Waals surface area contributed by atoms with Crippen molar-refractivity contribution in [3.8, 4) is 5.75 Å². The first kappa shape index (κ1) is 17.7. The number of aromatic nitrogens is 4. The van der Waals surface area contributed by atoms with Gasteiger partial charge in [0, 0.05) is 10.8 Å². The molecule has 0 aliphatic carbocycles. The summed E-state index contributed by atoms with van der Waals surface area (Å²) in [4.78, 5) is 0. The van der Waals surface area contributed by atoms with Crippen molar-refractivity contribution in [1.82, 2.24) is 20.2 Å². The van der Waals surface area contributed by atoms with Crippen LogP contribution >= 0.6 is 23.4 Å². The fourth-order valence-electron chi connectivity index (χ4n) is 2.10. The lowest BCUT2D eigenvalue weighted by Crippen LogP contribution is -2.20. The molecule has 1 aromatic heterocycles. The molecule has 0 radical (unpaired) electrons. The number of aliphatic hydroxyl groups excluding tert-OH is 1. The van der Waals surface area contributed by atoms with E-state index in [-0.39, 0.29) is 6.61 Å². The van der Waals surface area contributed by atoms with Crippen molar-refractivity contribution in [1.29, 1.82) is 0 Å². The van der Waals surface area contributed by atoms with Crippen molar-refractivity contribution < 1.29 is 9.84 Å². The quantitative estimate of drug-likeness (QED) is 0.609. The molecule has 6 nitrogen and oxygen atoms in total. The molecule has 3 aromatic rings. The lowest BCUT2D eigenvalue weighted by Gasteiger charge is -2.12. The number of benzene rings is 2. The maximum atomic E-state index is 10.1. The van der Waals surface area contributed by atoms with E-state index in [1.54, 1.807) is 28.9 Å². The highest BCUT2D eigenvalue weighted by atomic mass is 35.5. The Kier molecular flexibility index (Phi) is 6.27. The Bertz CT molecular complexity index is 783. The zero-order valence-corrected chi connectivity index (χ0v) is 14.9. The predicted octanol–water partition coefficient (Wildman–Crippen LogP) is 2.91. The minimum Gasteiger partial charge on any atom is -0.491 e. The molecule has 3 rings (SSSR count). The van der Waals surface area contributed by atoms with Gasteiger partial charge in [-0.15, -0.1) is 5.10 Å². The molecule has 0 spiro atoms. The Morgan fingerprint density at radius 1 is 1.12 bits per heavy atom. The minimum atomic E-state index is -0.637. The van der Waals surface area contributed by atoms with Crippen LogP contribution in [-0.2, 0) is 6.54 Å². The van der Waals surface area contributed by atoms with E-state index in [0.717, 1.165) is 5.56 Å². The van der Waals surface area contributed by atoms with E-state index in [1.165, 1.54) is 11.8 Å². The van der Waals surface area contributed by atoms with E-state index < -0.39 is 6.10 Å².